The number of methoxy groups -OCH3 is 2. The molecule has 0 heterocycles. The summed E-state index contributed by atoms with van der Waals surface area (Å²) in [6, 6.07) is 15.5. The highest BCUT2D eigenvalue weighted by atomic mass is 16.5. The quantitative estimate of drug-likeness (QED) is 0.781. The molecule has 0 saturated heterocycles. The normalized spacial score (nSPS) is 11.6. The third kappa shape index (κ3) is 4.99. The van der Waals surface area contributed by atoms with Crippen LogP contribution in [0.1, 0.15) is 17.2 Å². The minimum atomic E-state index is -0.106. The molecule has 2 N–H and O–H groups in total. The van der Waals surface area contributed by atoms with Crippen LogP contribution in [0, 0.1) is 0 Å². The van der Waals surface area contributed by atoms with Crippen molar-refractivity contribution in [3.05, 3.63) is 59.7 Å². The molecule has 128 valence electrons. The topological polar surface area (TPSA) is 59.6 Å². The van der Waals surface area contributed by atoms with Crippen molar-refractivity contribution in [2.45, 2.75) is 12.5 Å². The lowest BCUT2D eigenvalue weighted by atomic mass is 9.98. The molecule has 0 aliphatic carbocycles. The first-order valence-corrected chi connectivity index (χ1v) is 7.87. The average Bonchev–Trinajstić information content (AvgIpc) is 2.62. The van der Waals surface area contributed by atoms with Crippen molar-refractivity contribution in [1.82, 2.24) is 10.6 Å². The summed E-state index contributed by atoms with van der Waals surface area (Å²) in [5, 5.41) is 5.95. The monoisotopic (exact) mass is 328 g/mol. The zero-order valence-electron chi connectivity index (χ0n) is 14.3. The molecule has 24 heavy (non-hydrogen) atoms. The standard InChI is InChI=1S/C19H24N2O3/c1-20-13-19(22)21-18(15-6-10-17(24-3)11-7-15)12-14-4-8-16(23-2)9-5-14/h4-11,18,20H,12-13H2,1-3H3,(H,21,22). The second-order valence-corrected chi connectivity index (χ2v) is 5.48. The Bertz CT molecular complexity index is 639. The Balaban J connectivity index is 2.18. The first-order chi connectivity index (χ1) is 11.7. The zero-order valence-corrected chi connectivity index (χ0v) is 14.3. The van der Waals surface area contributed by atoms with Gasteiger partial charge in [0.15, 0.2) is 0 Å². The third-order valence-corrected chi connectivity index (χ3v) is 3.79. The fourth-order valence-corrected chi connectivity index (χ4v) is 2.49. The van der Waals surface area contributed by atoms with Gasteiger partial charge in [0.25, 0.3) is 0 Å². The summed E-state index contributed by atoms with van der Waals surface area (Å²) in [4.78, 5) is 12.0. The number of hydrogen-bond donors (Lipinski definition) is 2. The van der Waals surface area contributed by atoms with Gasteiger partial charge in [-0.05, 0) is 48.9 Å². The molecule has 0 fully saturated rings. The van der Waals surface area contributed by atoms with Crippen LogP contribution in [0.25, 0.3) is 0 Å². The van der Waals surface area contributed by atoms with Crippen LogP contribution in [-0.2, 0) is 11.2 Å². The predicted octanol–water partition coefficient (Wildman–Crippen LogP) is 2.32. The predicted molar refractivity (Wildman–Crippen MR) is 94.5 cm³/mol. The molecule has 0 spiro atoms. The number of hydrogen-bond acceptors (Lipinski definition) is 4. The molecular weight excluding hydrogens is 304 g/mol. The van der Waals surface area contributed by atoms with E-state index in [2.05, 4.69) is 10.6 Å². The minimum absolute atomic E-state index is 0.0353. The Hall–Kier alpha value is -2.53. The van der Waals surface area contributed by atoms with Gasteiger partial charge < -0.3 is 20.1 Å². The van der Waals surface area contributed by atoms with E-state index >= 15 is 0 Å². The second-order valence-electron chi connectivity index (χ2n) is 5.48. The molecule has 0 aromatic heterocycles. The Morgan fingerprint density at radius 3 is 2.00 bits per heavy atom. The van der Waals surface area contributed by atoms with Gasteiger partial charge in [-0.2, -0.15) is 0 Å². The van der Waals surface area contributed by atoms with Crippen molar-refractivity contribution in [3.8, 4) is 11.5 Å². The van der Waals surface area contributed by atoms with E-state index in [9.17, 15) is 4.79 Å². The van der Waals surface area contributed by atoms with Gasteiger partial charge in [0, 0.05) is 0 Å². The summed E-state index contributed by atoms with van der Waals surface area (Å²) < 4.78 is 10.4. The molecule has 1 amide bonds. The highest BCUT2D eigenvalue weighted by Gasteiger charge is 2.15. The van der Waals surface area contributed by atoms with Crippen LogP contribution in [0.5, 0.6) is 11.5 Å². The number of ether oxygens (including phenoxy) is 2. The van der Waals surface area contributed by atoms with Crippen LogP contribution in [0.2, 0.25) is 0 Å². The number of likely N-dealkylation sites (N-methyl/N-ethyl adjacent to an activating group) is 1. The lowest BCUT2D eigenvalue weighted by molar-refractivity contribution is -0.120. The number of nitrogens with one attached hydrogen (secondary N) is 2. The summed E-state index contributed by atoms with van der Waals surface area (Å²) in [6.07, 6.45) is 0.700. The van der Waals surface area contributed by atoms with Crippen LogP contribution in [0.4, 0.5) is 0 Å². The summed E-state index contributed by atoms with van der Waals surface area (Å²) in [5.74, 6) is 1.58. The van der Waals surface area contributed by atoms with E-state index in [-0.39, 0.29) is 18.5 Å². The second kappa shape index (κ2) is 8.93. The van der Waals surface area contributed by atoms with Crippen molar-refractivity contribution >= 4 is 5.91 Å². The molecule has 5 heteroatoms. The van der Waals surface area contributed by atoms with Crippen LogP contribution < -0.4 is 20.1 Å². The van der Waals surface area contributed by atoms with E-state index < -0.39 is 0 Å². The Morgan fingerprint density at radius 2 is 1.50 bits per heavy atom. The third-order valence-electron chi connectivity index (χ3n) is 3.79. The summed E-state index contributed by atoms with van der Waals surface area (Å²) in [7, 11) is 5.04. The first-order valence-electron chi connectivity index (χ1n) is 7.87. The highest BCUT2D eigenvalue weighted by Crippen LogP contribution is 2.22. The maximum absolute atomic E-state index is 12.0. The maximum Gasteiger partial charge on any atom is 0.234 e. The largest absolute Gasteiger partial charge is 0.497 e. The molecule has 0 aliphatic heterocycles. The van der Waals surface area contributed by atoms with Gasteiger partial charge in [0.05, 0.1) is 26.8 Å². The van der Waals surface area contributed by atoms with Gasteiger partial charge in [-0.3, -0.25) is 4.79 Å². The molecular formula is C19H24N2O3. The molecule has 0 saturated carbocycles. The smallest absolute Gasteiger partial charge is 0.234 e. The molecule has 1 atom stereocenters. The number of amides is 1. The lowest BCUT2D eigenvalue weighted by Gasteiger charge is -2.20. The Labute approximate surface area is 143 Å². The van der Waals surface area contributed by atoms with Crippen molar-refractivity contribution < 1.29 is 14.3 Å². The van der Waals surface area contributed by atoms with Crippen molar-refractivity contribution in [2.75, 3.05) is 27.8 Å². The maximum atomic E-state index is 12.0. The van der Waals surface area contributed by atoms with E-state index in [0.29, 0.717) is 6.42 Å². The number of rotatable bonds is 8. The number of carbonyl (C=O) groups is 1. The van der Waals surface area contributed by atoms with E-state index in [1.54, 1.807) is 21.3 Å². The van der Waals surface area contributed by atoms with Crippen molar-refractivity contribution in [1.29, 1.82) is 0 Å². The number of benzene rings is 2. The van der Waals surface area contributed by atoms with Crippen LogP contribution in [0.3, 0.4) is 0 Å². The van der Waals surface area contributed by atoms with Crippen molar-refractivity contribution in [2.24, 2.45) is 0 Å². The zero-order chi connectivity index (χ0) is 17.4. The van der Waals surface area contributed by atoms with Gasteiger partial charge in [0.2, 0.25) is 5.91 Å². The molecule has 0 radical (unpaired) electrons. The van der Waals surface area contributed by atoms with Gasteiger partial charge in [-0.1, -0.05) is 24.3 Å². The lowest BCUT2D eigenvalue weighted by Crippen LogP contribution is -2.36. The fourth-order valence-electron chi connectivity index (χ4n) is 2.49. The van der Waals surface area contributed by atoms with Gasteiger partial charge in [-0.25, -0.2) is 0 Å². The van der Waals surface area contributed by atoms with E-state index in [0.717, 1.165) is 22.6 Å². The van der Waals surface area contributed by atoms with E-state index in [1.165, 1.54) is 0 Å². The summed E-state index contributed by atoms with van der Waals surface area (Å²) in [6.45, 7) is 0.287. The first kappa shape index (κ1) is 17.8. The number of carbonyl (C=O) groups excluding carboxylic acids is 1. The summed E-state index contributed by atoms with van der Waals surface area (Å²) >= 11 is 0. The van der Waals surface area contributed by atoms with Gasteiger partial charge >= 0.3 is 0 Å². The van der Waals surface area contributed by atoms with Gasteiger partial charge in [-0.15, -0.1) is 0 Å². The molecule has 0 bridgehead atoms. The van der Waals surface area contributed by atoms with Crippen LogP contribution >= 0.6 is 0 Å². The minimum Gasteiger partial charge on any atom is -0.497 e. The molecule has 2 rings (SSSR count). The fraction of sp³-hybridized carbons (Fsp3) is 0.316. The molecule has 2 aromatic carbocycles. The van der Waals surface area contributed by atoms with Crippen LogP contribution in [0.15, 0.2) is 48.5 Å². The highest BCUT2D eigenvalue weighted by molar-refractivity contribution is 5.78. The average molecular weight is 328 g/mol. The Morgan fingerprint density at radius 1 is 0.958 bits per heavy atom. The van der Waals surface area contributed by atoms with Crippen LogP contribution in [-0.4, -0.2) is 33.7 Å². The van der Waals surface area contributed by atoms with E-state index in [1.807, 2.05) is 48.5 Å². The van der Waals surface area contributed by atoms with Crippen molar-refractivity contribution in [3.63, 3.8) is 0 Å². The molecule has 5 nitrogen and oxygen atoms in total. The molecule has 0 aliphatic rings. The van der Waals surface area contributed by atoms with E-state index in [4.69, 9.17) is 9.47 Å². The SMILES string of the molecule is CNCC(=O)NC(Cc1ccc(OC)cc1)c1ccc(OC)cc1. The van der Waals surface area contributed by atoms with Gasteiger partial charge in [0.1, 0.15) is 11.5 Å². The Kier molecular flexibility index (Phi) is 6.63. The molecule has 1 unspecified atom stereocenters. The summed E-state index contributed by atoms with van der Waals surface area (Å²) in [5.41, 5.74) is 2.16. The molecule has 2 aromatic rings.